The third kappa shape index (κ3) is 4.69. The summed E-state index contributed by atoms with van der Waals surface area (Å²) in [5.74, 6) is 1.66. The maximum absolute atomic E-state index is 12.5. The highest BCUT2D eigenvalue weighted by molar-refractivity contribution is 5.64. The van der Waals surface area contributed by atoms with E-state index in [0.717, 1.165) is 25.7 Å². The van der Waals surface area contributed by atoms with Gasteiger partial charge in [-0.3, -0.25) is 0 Å². The molecule has 2 fully saturated rings. The van der Waals surface area contributed by atoms with Crippen molar-refractivity contribution in [1.82, 2.24) is 0 Å². The Bertz CT molecular complexity index is 960. The van der Waals surface area contributed by atoms with Gasteiger partial charge in [-0.25, -0.2) is 4.79 Å². The molecule has 2 aromatic carbocycles. The number of carbonyl (C=O) groups is 1. The third-order valence-corrected chi connectivity index (χ3v) is 8.97. The average molecular weight is 449 g/mol. The fourth-order valence-electron chi connectivity index (χ4n) is 6.66. The lowest BCUT2D eigenvalue weighted by Crippen LogP contribution is -2.31. The van der Waals surface area contributed by atoms with Crippen LogP contribution >= 0.6 is 0 Å². The van der Waals surface area contributed by atoms with Gasteiger partial charge in [0, 0.05) is 5.92 Å². The van der Waals surface area contributed by atoms with Gasteiger partial charge in [0.15, 0.2) is 0 Å². The van der Waals surface area contributed by atoms with Crippen LogP contribution in [0.2, 0.25) is 0 Å². The Morgan fingerprint density at radius 2 is 1.64 bits per heavy atom. The van der Waals surface area contributed by atoms with Gasteiger partial charge in [-0.15, -0.1) is 0 Å². The van der Waals surface area contributed by atoms with Gasteiger partial charge < -0.3 is 9.47 Å². The topological polar surface area (TPSA) is 35.5 Å². The number of hydrogen-bond acceptors (Lipinski definition) is 3. The zero-order valence-corrected chi connectivity index (χ0v) is 21.2. The van der Waals surface area contributed by atoms with Crippen molar-refractivity contribution in [1.29, 1.82) is 0 Å². The van der Waals surface area contributed by atoms with E-state index in [1.54, 1.807) is 0 Å². The van der Waals surface area contributed by atoms with E-state index in [0.29, 0.717) is 17.6 Å². The molecule has 4 rings (SSSR count). The van der Waals surface area contributed by atoms with Gasteiger partial charge in [-0.1, -0.05) is 84.0 Å². The quantitative estimate of drug-likeness (QED) is 0.317. The summed E-state index contributed by atoms with van der Waals surface area (Å²) in [6, 6.07) is 18.8. The predicted molar refractivity (Wildman–Crippen MR) is 134 cm³/mol. The largest absolute Gasteiger partial charge is 0.514 e. The minimum atomic E-state index is -0.571. The van der Waals surface area contributed by atoms with Crippen molar-refractivity contribution in [3.8, 4) is 5.75 Å². The zero-order valence-electron chi connectivity index (χ0n) is 21.2. The minimum absolute atomic E-state index is 0.00540. The molecule has 2 aromatic rings. The Morgan fingerprint density at radius 3 is 2.18 bits per heavy atom. The Morgan fingerprint density at radius 1 is 0.970 bits per heavy atom. The number of benzene rings is 2. The molecule has 0 aromatic heterocycles. The molecule has 0 heterocycles. The number of rotatable bonds is 7. The Hall–Kier alpha value is -2.29. The molecule has 178 valence electrons. The lowest BCUT2D eigenvalue weighted by atomic mass is 9.66. The van der Waals surface area contributed by atoms with Crippen LogP contribution in [-0.2, 0) is 15.6 Å². The zero-order chi connectivity index (χ0) is 23.9. The van der Waals surface area contributed by atoms with Crippen LogP contribution in [0.4, 0.5) is 4.79 Å². The molecule has 4 atom stereocenters. The average Bonchev–Trinajstić information content (AvgIpc) is 3.20. The van der Waals surface area contributed by atoms with E-state index in [-0.39, 0.29) is 22.3 Å². The van der Waals surface area contributed by atoms with Crippen molar-refractivity contribution in [2.24, 2.45) is 17.3 Å². The van der Waals surface area contributed by atoms with Gasteiger partial charge >= 0.3 is 6.16 Å². The SMILES string of the molecule is CCC(C)(CC(C)(C)c1ccc(OC(=O)OC2CC3CCC2C3(C)C)cc1)c1ccccc1. The highest BCUT2D eigenvalue weighted by Gasteiger charge is 2.55. The van der Waals surface area contributed by atoms with E-state index in [4.69, 9.17) is 9.47 Å². The normalized spacial score (nSPS) is 25.5. The van der Waals surface area contributed by atoms with Crippen molar-refractivity contribution in [2.75, 3.05) is 0 Å². The second-order valence-corrected chi connectivity index (χ2v) is 11.8. The van der Waals surface area contributed by atoms with Crippen LogP contribution in [0, 0.1) is 17.3 Å². The molecular weight excluding hydrogens is 408 g/mol. The summed E-state index contributed by atoms with van der Waals surface area (Å²) in [6.45, 7) is 13.8. The molecule has 2 aliphatic rings. The molecule has 0 aliphatic heterocycles. The molecule has 2 saturated carbocycles. The highest BCUT2D eigenvalue weighted by Crippen LogP contribution is 2.58. The molecule has 0 saturated heterocycles. The molecule has 2 bridgehead atoms. The highest BCUT2D eigenvalue weighted by atomic mass is 16.7. The van der Waals surface area contributed by atoms with E-state index in [1.807, 2.05) is 12.1 Å². The maximum atomic E-state index is 12.5. The van der Waals surface area contributed by atoms with Crippen LogP contribution in [0.25, 0.3) is 0 Å². The van der Waals surface area contributed by atoms with Crippen LogP contribution in [0.3, 0.4) is 0 Å². The van der Waals surface area contributed by atoms with Crippen LogP contribution < -0.4 is 4.74 Å². The monoisotopic (exact) mass is 448 g/mol. The second-order valence-electron chi connectivity index (χ2n) is 11.8. The number of ether oxygens (including phenoxy) is 2. The summed E-state index contributed by atoms with van der Waals surface area (Å²) in [5.41, 5.74) is 2.97. The molecular formula is C30H40O3. The molecule has 0 N–H and O–H groups in total. The van der Waals surface area contributed by atoms with Crippen LogP contribution in [0.15, 0.2) is 54.6 Å². The first-order chi connectivity index (χ1) is 15.5. The van der Waals surface area contributed by atoms with Gasteiger partial charge in [0.2, 0.25) is 0 Å². The first-order valence-corrected chi connectivity index (χ1v) is 12.6. The van der Waals surface area contributed by atoms with Crippen LogP contribution in [-0.4, -0.2) is 12.3 Å². The standard InChI is InChI=1S/C30H40O3/c1-7-30(6,22-11-9-8-10-12-22)20-28(2,3)21-13-16-24(17-14-21)32-27(31)33-26-19-23-15-18-25(26)29(23,4)5/h8-14,16-17,23,25-26H,7,15,18-20H2,1-6H3. The predicted octanol–water partition coefficient (Wildman–Crippen LogP) is 8.06. The molecule has 4 unspecified atom stereocenters. The first-order valence-electron chi connectivity index (χ1n) is 12.6. The fraction of sp³-hybridized carbons (Fsp3) is 0.567. The minimum Gasteiger partial charge on any atom is -0.430 e. The molecule has 0 radical (unpaired) electrons. The van der Waals surface area contributed by atoms with Crippen molar-refractivity contribution >= 4 is 6.16 Å². The third-order valence-electron chi connectivity index (χ3n) is 8.97. The van der Waals surface area contributed by atoms with Crippen molar-refractivity contribution in [3.63, 3.8) is 0 Å². The smallest absolute Gasteiger partial charge is 0.430 e. The molecule has 0 amide bonds. The van der Waals surface area contributed by atoms with Crippen molar-refractivity contribution in [2.45, 2.75) is 90.6 Å². The number of carbonyl (C=O) groups excluding carboxylic acids is 1. The van der Waals surface area contributed by atoms with E-state index < -0.39 is 6.16 Å². The molecule has 0 spiro atoms. The van der Waals surface area contributed by atoms with Gasteiger partial charge in [-0.2, -0.15) is 0 Å². The summed E-state index contributed by atoms with van der Waals surface area (Å²) in [4.78, 5) is 12.5. The summed E-state index contributed by atoms with van der Waals surface area (Å²) in [5, 5.41) is 0. The van der Waals surface area contributed by atoms with Gasteiger partial charge in [0.05, 0.1) is 0 Å². The Balaban J connectivity index is 1.39. The summed E-state index contributed by atoms with van der Waals surface area (Å²) < 4.78 is 11.3. The molecule has 2 aliphatic carbocycles. The lowest BCUT2D eigenvalue weighted by Gasteiger charge is -2.38. The number of fused-ring (bicyclic) bond motifs is 2. The van der Waals surface area contributed by atoms with Gasteiger partial charge in [-0.05, 0) is 77.5 Å². The summed E-state index contributed by atoms with van der Waals surface area (Å²) >= 11 is 0. The van der Waals surface area contributed by atoms with E-state index in [1.165, 1.54) is 17.5 Å². The lowest BCUT2D eigenvalue weighted by molar-refractivity contribution is 0.0255. The maximum Gasteiger partial charge on any atom is 0.514 e. The van der Waals surface area contributed by atoms with Crippen molar-refractivity contribution in [3.05, 3.63) is 65.7 Å². The van der Waals surface area contributed by atoms with Gasteiger partial charge in [0.25, 0.3) is 0 Å². The summed E-state index contributed by atoms with van der Waals surface area (Å²) in [7, 11) is 0. The number of hydrogen-bond donors (Lipinski definition) is 0. The molecule has 33 heavy (non-hydrogen) atoms. The Kier molecular flexibility index (Phi) is 6.37. The van der Waals surface area contributed by atoms with Crippen molar-refractivity contribution < 1.29 is 14.3 Å². The van der Waals surface area contributed by atoms with E-state index in [9.17, 15) is 4.79 Å². The second kappa shape index (κ2) is 8.81. The molecule has 3 nitrogen and oxygen atoms in total. The Labute approximate surface area is 199 Å². The first kappa shape index (κ1) is 23.9. The van der Waals surface area contributed by atoms with Crippen LogP contribution in [0.1, 0.15) is 84.8 Å². The van der Waals surface area contributed by atoms with Crippen LogP contribution in [0.5, 0.6) is 5.75 Å². The fourth-order valence-corrected chi connectivity index (χ4v) is 6.66. The van der Waals surface area contributed by atoms with E-state index >= 15 is 0 Å². The van der Waals surface area contributed by atoms with E-state index in [2.05, 4.69) is 84.0 Å². The van der Waals surface area contributed by atoms with Gasteiger partial charge in [0.1, 0.15) is 11.9 Å². The molecule has 3 heteroatoms. The summed E-state index contributed by atoms with van der Waals surface area (Å²) in [6.07, 6.45) is 4.91.